The lowest BCUT2D eigenvalue weighted by atomic mass is 10.1. The second-order valence-corrected chi connectivity index (χ2v) is 3.87. The predicted octanol–water partition coefficient (Wildman–Crippen LogP) is 2.03. The van der Waals surface area contributed by atoms with Gasteiger partial charge in [-0.3, -0.25) is 0 Å². The van der Waals surface area contributed by atoms with Crippen LogP contribution in [0.4, 0.5) is 5.69 Å². The van der Waals surface area contributed by atoms with Crippen LogP contribution in [-0.2, 0) is 0 Å². The number of quaternary nitrogens is 1. The van der Waals surface area contributed by atoms with E-state index >= 15 is 0 Å². The summed E-state index contributed by atoms with van der Waals surface area (Å²) >= 11 is 0. The molecule has 0 aromatic heterocycles. The van der Waals surface area contributed by atoms with Gasteiger partial charge in [-0.2, -0.15) is 0 Å². The Morgan fingerprint density at radius 3 is 2.57 bits per heavy atom. The van der Waals surface area contributed by atoms with Crippen LogP contribution in [0, 0.1) is 13.8 Å². The summed E-state index contributed by atoms with van der Waals surface area (Å²) in [7, 11) is 2.21. The maximum absolute atomic E-state index is 2.24. The zero-order valence-corrected chi connectivity index (χ0v) is 9.59. The molecule has 0 amide bonds. The van der Waals surface area contributed by atoms with Gasteiger partial charge in [0.25, 0.3) is 0 Å². The fourth-order valence-electron chi connectivity index (χ4n) is 1.70. The van der Waals surface area contributed by atoms with Gasteiger partial charge in [0.2, 0.25) is 0 Å². The molecule has 1 unspecified atom stereocenters. The number of rotatable bonds is 3. The molecular formula is C13H20N+. The van der Waals surface area contributed by atoms with E-state index in [4.69, 9.17) is 0 Å². The Balaban J connectivity index is 2.84. The number of hydrogen-bond donors (Lipinski definition) is 1. The van der Waals surface area contributed by atoms with E-state index in [0.29, 0.717) is 0 Å². The molecule has 1 heteroatoms. The standard InChI is InChI=1S/C13H19N/c1-5-6-9-14(4)13-8-7-11(2)10-12(13)3/h5-8,10H,9H2,1-4H3/p+1/b6-5+. The summed E-state index contributed by atoms with van der Waals surface area (Å²) in [6.07, 6.45) is 4.31. The molecule has 0 fully saturated rings. The van der Waals surface area contributed by atoms with Crippen molar-refractivity contribution in [2.45, 2.75) is 20.8 Å². The van der Waals surface area contributed by atoms with Crippen LogP contribution in [-0.4, -0.2) is 13.6 Å². The summed E-state index contributed by atoms with van der Waals surface area (Å²) in [4.78, 5) is 1.45. The number of nitrogens with one attached hydrogen (secondary N) is 1. The number of hydrogen-bond acceptors (Lipinski definition) is 0. The molecule has 0 radical (unpaired) electrons. The van der Waals surface area contributed by atoms with Gasteiger partial charge in [0, 0.05) is 5.56 Å². The van der Waals surface area contributed by atoms with Gasteiger partial charge >= 0.3 is 0 Å². The fourth-order valence-corrected chi connectivity index (χ4v) is 1.70. The average molecular weight is 190 g/mol. The first kappa shape index (κ1) is 11.0. The molecule has 0 heterocycles. The highest BCUT2D eigenvalue weighted by atomic mass is 15.1. The van der Waals surface area contributed by atoms with Crippen molar-refractivity contribution in [3.05, 3.63) is 41.5 Å². The monoisotopic (exact) mass is 190 g/mol. The lowest BCUT2D eigenvalue weighted by Gasteiger charge is -2.13. The molecule has 1 aromatic carbocycles. The van der Waals surface area contributed by atoms with E-state index in [2.05, 4.69) is 58.2 Å². The number of likely N-dealkylation sites (N-methyl/N-ethyl adjacent to an activating group) is 1. The third-order valence-corrected chi connectivity index (χ3v) is 2.50. The van der Waals surface area contributed by atoms with Crippen molar-refractivity contribution in [3.8, 4) is 0 Å². The third-order valence-electron chi connectivity index (χ3n) is 2.50. The summed E-state index contributed by atoms with van der Waals surface area (Å²) in [5, 5.41) is 0. The van der Waals surface area contributed by atoms with Gasteiger partial charge in [-0.05, 0) is 32.9 Å². The fraction of sp³-hybridized carbons (Fsp3) is 0.385. The van der Waals surface area contributed by atoms with E-state index in [1.807, 2.05) is 0 Å². The minimum Gasteiger partial charge on any atom is -0.301 e. The highest BCUT2D eigenvalue weighted by Gasteiger charge is 2.07. The van der Waals surface area contributed by atoms with Crippen molar-refractivity contribution >= 4 is 5.69 Å². The first-order chi connectivity index (χ1) is 6.65. The molecule has 1 rings (SSSR count). The highest BCUT2D eigenvalue weighted by molar-refractivity contribution is 5.41. The minimum absolute atomic E-state index is 1.06. The summed E-state index contributed by atoms with van der Waals surface area (Å²) in [6, 6.07) is 6.65. The summed E-state index contributed by atoms with van der Waals surface area (Å²) < 4.78 is 0. The van der Waals surface area contributed by atoms with Gasteiger partial charge in [-0.15, -0.1) is 0 Å². The van der Waals surface area contributed by atoms with E-state index in [-0.39, 0.29) is 0 Å². The van der Waals surface area contributed by atoms with Gasteiger partial charge < -0.3 is 4.90 Å². The average Bonchev–Trinajstić information content (AvgIpc) is 2.14. The molecule has 76 valence electrons. The maximum Gasteiger partial charge on any atom is 0.134 e. The SMILES string of the molecule is C/C=C/C[NH+](C)c1ccc(C)cc1C. The van der Waals surface area contributed by atoms with E-state index in [9.17, 15) is 0 Å². The normalized spacial score (nSPS) is 13.4. The Morgan fingerprint density at radius 1 is 1.29 bits per heavy atom. The zero-order valence-electron chi connectivity index (χ0n) is 9.59. The minimum atomic E-state index is 1.06. The van der Waals surface area contributed by atoms with Crippen molar-refractivity contribution in [3.63, 3.8) is 0 Å². The van der Waals surface area contributed by atoms with E-state index in [1.54, 1.807) is 0 Å². The molecule has 1 nitrogen and oxygen atoms in total. The summed E-state index contributed by atoms with van der Waals surface area (Å²) in [5.74, 6) is 0. The highest BCUT2D eigenvalue weighted by Crippen LogP contribution is 2.11. The molecule has 0 saturated heterocycles. The molecule has 0 aliphatic heterocycles. The van der Waals surface area contributed by atoms with Crippen molar-refractivity contribution in [1.82, 2.24) is 0 Å². The van der Waals surface area contributed by atoms with Crippen LogP contribution in [0.3, 0.4) is 0 Å². The van der Waals surface area contributed by atoms with Crippen LogP contribution in [0.25, 0.3) is 0 Å². The smallest absolute Gasteiger partial charge is 0.134 e. The van der Waals surface area contributed by atoms with E-state index < -0.39 is 0 Å². The van der Waals surface area contributed by atoms with Crippen molar-refractivity contribution < 1.29 is 4.90 Å². The Bertz CT molecular complexity index is 326. The van der Waals surface area contributed by atoms with Crippen LogP contribution >= 0.6 is 0 Å². The van der Waals surface area contributed by atoms with Crippen molar-refractivity contribution in [2.75, 3.05) is 13.6 Å². The molecular weight excluding hydrogens is 170 g/mol. The Kier molecular flexibility index (Phi) is 3.90. The first-order valence-corrected chi connectivity index (χ1v) is 5.16. The first-order valence-electron chi connectivity index (χ1n) is 5.16. The zero-order chi connectivity index (χ0) is 10.6. The summed E-state index contributed by atoms with van der Waals surface area (Å²) in [6.45, 7) is 7.44. The molecule has 0 saturated carbocycles. The lowest BCUT2D eigenvalue weighted by Crippen LogP contribution is -3.03. The van der Waals surface area contributed by atoms with Crippen molar-refractivity contribution in [2.24, 2.45) is 0 Å². The largest absolute Gasteiger partial charge is 0.301 e. The molecule has 1 atom stereocenters. The quantitative estimate of drug-likeness (QED) is 0.696. The van der Waals surface area contributed by atoms with Gasteiger partial charge in [0.05, 0.1) is 7.05 Å². The predicted molar refractivity (Wildman–Crippen MR) is 62.1 cm³/mol. The maximum atomic E-state index is 2.24. The molecule has 14 heavy (non-hydrogen) atoms. The third kappa shape index (κ3) is 2.71. The summed E-state index contributed by atoms with van der Waals surface area (Å²) in [5.41, 5.74) is 4.12. The molecule has 0 bridgehead atoms. The van der Waals surface area contributed by atoms with E-state index in [1.165, 1.54) is 21.7 Å². The second kappa shape index (κ2) is 4.97. The van der Waals surface area contributed by atoms with E-state index in [0.717, 1.165) is 6.54 Å². The van der Waals surface area contributed by atoms with Crippen LogP contribution in [0.1, 0.15) is 18.1 Å². The number of benzene rings is 1. The van der Waals surface area contributed by atoms with Crippen LogP contribution in [0.2, 0.25) is 0 Å². The van der Waals surface area contributed by atoms with Gasteiger partial charge in [0.15, 0.2) is 0 Å². The van der Waals surface area contributed by atoms with Gasteiger partial charge in [0.1, 0.15) is 12.2 Å². The number of allylic oxidation sites excluding steroid dienone is 1. The van der Waals surface area contributed by atoms with Crippen LogP contribution in [0.15, 0.2) is 30.4 Å². The topological polar surface area (TPSA) is 4.44 Å². The van der Waals surface area contributed by atoms with Crippen LogP contribution < -0.4 is 4.90 Å². The second-order valence-electron chi connectivity index (χ2n) is 3.87. The molecule has 1 N–H and O–H groups in total. The van der Waals surface area contributed by atoms with Gasteiger partial charge in [-0.1, -0.05) is 23.8 Å². The molecule has 1 aromatic rings. The molecule has 0 aliphatic carbocycles. The van der Waals surface area contributed by atoms with Gasteiger partial charge in [-0.25, -0.2) is 0 Å². The molecule has 0 spiro atoms. The number of aryl methyl sites for hydroxylation is 2. The Labute approximate surface area is 87.1 Å². The Morgan fingerprint density at radius 2 is 2.00 bits per heavy atom. The lowest BCUT2D eigenvalue weighted by molar-refractivity contribution is -0.803. The Hall–Kier alpha value is -1.08. The van der Waals surface area contributed by atoms with Crippen LogP contribution in [0.5, 0.6) is 0 Å². The van der Waals surface area contributed by atoms with Crippen molar-refractivity contribution in [1.29, 1.82) is 0 Å². The molecule has 0 aliphatic rings.